The number of hydrogen-bond donors (Lipinski definition) is 2. The fraction of sp³-hybridized carbons (Fsp3) is 0.440. The number of rotatable bonds is 9. The number of ether oxygens (including phenoxy) is 2. The summed E-state index contributed by atoms with van der Waals surface area (Å²) in [5.74, 6) is -1.27. The minimum atomic E-state index is -0.976. The number of carboxylic acids is 1. The van der Waals surface area contributed by atoms with Crippen LogP contribution < -0.4 is 10.1 Å². The summed E-state index contributed by atoms with van der Waals surface area (Å²) in [5, 5.41) is 12.4. The molecule has 2 fully saturated rings. The zero-order valence-corrected chi connectivity index (χ0v) is 18.7. The molecule has 1 aliphatic heterocycles. The van der Waals surface area contributed by atoms with Gasteiger partial charge in [0, 0.05) is 19.8 Å². The molecule has 0 bridgehead atoms. The Morgan fingerprint density at radius 3 is 2.36 bits per heavy atom. The second-order valence-electron chi connectivity index (χ2n) is 8.76. The lowest BCUT2D eigenvalue weighted by atomic mass is 9.86. The maximum Gasteiger partial charge on any atom is 0.335 e. The van der Waals surface area contributed by atoms with Crippen LogP contribution in [0.15, 0.2) is 48.5 Å². The quantitative estimate of drug-likeness (QED) is 0.603. The number of likely N-dealkylation sites (N-methyl/N-ethyl adjacent to an activating group) is 1. The van der Waals surface area contributed by atoms with Gasteiger partial charge in [-0.3, -0.25) is 9.69 Å². The molecule has 0 radical (unpaired) electrons. The molecule has 1 amide bonds. The van der Waals surface area contributed by atoms with Gasteiger partial charge in [-0.2, -0.15) is 0 Å². The number of nitrogens with one attached hydrogen (secondary N) is 1. The van der Waals surface area contributed by atoms with Crippen LogP contribution in [0.25, 0.3) is 0 Å². The Labute approximate surface area is 192 Å². The van der Waals surface area contributed by atoms with Crippen molar-refractivity contribution in [3.8, 4) is 5.75 Å². The second kappa shape index (κ2) is 9.49. The lowest BCUT2D eigenvalue weighted by molar-refractivity contribution is -0.140. The molecule has 0 aromatic heterocycles. The number of hydrogen-bond acceptors (Lipinski definition) is 5. The van der Waals surface area contributed by atoms with Gasteiger partial charge in [-0.25, -0.2) is 9.18 Å². The predicted molar refractivity (Wildman–Crippen MR) is 120 cm³/mol. The first-order valence-electron chi connectivity index (χ1n) is 11.2. The summed E-state index contributed by atoms with van der Waals surface area (Å²) in [6.07, 6.45) is 2.70. The fourth-order valence-corrected chi connectivity index (χ4v) is 4.44. The topological polar surface area (TPSA) is 88.1 Å². The Kier molecular flexibility index (Phi) is 6.67. The SMILES string of the molecule is CN(CCOc1ccccc1F)C1(C(=O)NC2(c3ccc(C(=O)O)cc3)CC2)CCOCC1. The number of carboxylic acid groups (broad SMARTS) is 1. The van der Waals surface area contributed by atoms with Crippen molar-refractivity contribution < 1.29 is 28.6 Å². The molecule has 0 spiro atoms. The minimum Gasteiger partial charge on any atom is -0.489 e. The zero-order valence-electron chi connectivity index (χ0n) is 18.7. The van der Waals surface area contributed by atoms with Crippen molar-refractivity contribution in [1.82, 2.24) is 10.2 Å². The summed E-state index contributed by atoms with van der Waals surface area (Å²) >= 11 is 0. The smallest absolute Gasteiger partial charge is 0.335 e. The van der Waals surface area contributed by atoms with Gasteiger partial charge in [0.1, 0.15) is 12.1 Å². The number of nitrogens with zero attached hydrogens (tertiary/aromatic N) is 1. The van der Waals surface area contributed by atoms with Crippen LogP contribution in [0.5, 0.6) is 5.75 Å². The number of para-hydroxylation sites is 1. The van der Waals surface area contributed by atoms with E-state index < -0.39 is 22.9 Å². The van der Waals surface area contributed by atoms with Gasteiger partial charge < -0.3 is 19.9 Å². The zero-order chi connectivity index (χ0) is 23.5. The summed E-state index contributed by atoms with van der Waals surface area (Å²) in [4.78, 5) is 26.8. The summed E-state index contributed by atoms with van der Waals surface area (Å²) in [7, 11) is 1.89. The van der Waals surface area contributed by atoms with E-state index in [0.29, 0.717) is 32.6 Å². The van der Waals surface area contributed by atoms with Crippen molar-refractivity contribution in [3.05, 3.63) is 65.5 Å². The molecule has 4 rings (SSSR count). The predicted octanol–water partition coefficient (Wildman–Crippen LogP) is 3.19. The van der Waals surface area contributed by atoms with Crippen molar-refractivity contribution in [2.75, 3.05) is 33.4 Å². The van der Waals surface area contributed by atoms with Gasteiger partial charge in [-0.15, -0.1) is 0 Å². The highest BCUT2D eigenvalue weighted by Gasteiger charge is 2.51. The van der Waals surface area contributed by atoms with Gasteiger partial charge in [-0.05, 0) is 62.6 Å². The molecule has 1 heterocycles. The van der Waals surface area contributed by atoms with E-state index >= 15 is 0 Å². The first-order chi connectivity index (χ1) is 15.9. The van der Waals surface area contributed by atoms with Crippen molar-refractivity contribution >= 4 is 11.9 Å². The lowest BCUT2D eigenvalue weighted by Gasteiger charge is -2.43. The molecular formula is C25H29FN2O5. The summed E-state index contributed by atoms with van der Waals surface area (Å²) in [6, 6.07) is 13.0. The first kappa shape index (κ1) is 23.2. The number of carbonyl (C=O) groups is 2. The van der Waals surface area contributed by atoms with Gasteiger partial charge in [-0.1, -0.05) is 24.3 Å². The van der Waals surface area contributed by atoms with E-state index in [2.05, 4.69) is 5.32 Å². The Morgan fingerprint density at radius 2 is 1.76 bits per heavy atom. The van der Waals surface area contributed by atoms with Crippen LogP contribution in [-0.2, 0) is 15.1 Å². The van der Waals surface area contributed by atoms with E-state index in [1.165, 1.54) is 6.07 Å². The van der Waals surface area contributed by atoms with Gasteiger partial charge in [0.15, 0.2) is 11.6 Å². The first-order valence-corrected chi connectivity index (χ1v) is 11.2. The van der Waals surface area contributed by atoms with Crippen LogP contribution >= 0.6 is 0 Å². The van der Waals surface area contributed by atoms with Gasteiger partial charge in [0.2, 0.25) is 5.91 Å². The molecule has 33 heavy (non-hydrogen) atoms. The monoisotopic (exact) mass is 456 g/mol. The standard InChI is InChI=1S/C25H29FN2O5/c1-28(14-17-33-21-5-3-2-4-20(21)26)25(12-15-32-16-13-25)23(31)27-24(10-11-24)19-8-6-18(7-9-19)22(29)30/h2-9H,10-17H2,1H3,(H,27,31)(H,29,30). The molecule has 176 valence electrons. The number of halogens is 1. The molecule has 0 atom stereocenters. The van der Waals surface area contributed by atoms with E-state index in [9.17, 15) is 14.0 Å². The Morgan fingerprint density at radius 1 is 1.09 bits per heavy atom. The highest BCUT2D eigenvalue weighted by Crippen LogP contribution is 2.46. The highest BCUT2D eigenvalue weighted by atomic mass is 19.1. The largest absolute Gasteiger partial charge is 0.489 e. The van der Waals surface area contributed by atoms with Crippen LogP contribution in [0.1, 0.15) is 41.6 Å². The van der Waals surface area contributed by atoms with Crippen molar-refractivity contribution in [2.45, 2.75) is 36.8 Å². The third-order valence-electron chi connectivity index (χ3n) is 6.78. The second-order valence-corrected chi connectivity index (χ2v) is 8.76. The molecule has 1 saturated heterocycles. The average Bonchev–Trinajstić information content (AvgIpc) is 3.61. The molecule has 2 aromatic rings. The van der Waals surface area contributed by atoms with E-state index in [1.807, 2.05) is 11.9 Å². The molecule has 1 saturated carbocycles. The van der Waals surface area contributed by atoms with Gasteiger partial charge in [0.25, 0.3) is 0 Å². The number of amides is 1. The minimum absolute atomic E-state index is 0.0704. The third-order valence-corrected chi connectivity index (χ3v) is 6.78. The van der Waals surface area contributed by atoms with Crippen molar-refractivity contribution in [3.63, 3.8) is 0 Å². The van der Waals surface area contributed by atoms with Crippen molar-refractivity contribution in [1.29, 1.82) is 0 Å². The number of carbonyl (C=O) groups excluding carboxylic acids is 1. The van der Waals surface area contributed by atoms with Crippen LogP contribution in [0, 0.1) is 5.82 Å². The Balaban J connectivity index is 1.45. The summed E-state index contributed by atoms with van der Waals surface area (Å²) < 4.78 is 25.0. The van der Waals surface area contributed by atoms with Gasteiger partial charge in [0.05, 0.1) is 11.1 Å². The Hall–Kier alpha value is -2.97. The lowest BCUT2D eigenvalue weighted by Crippen LogP contribution is -2.62. The summed E-state index contributed by atoms with van der Waals surface area (Å²) in [5.41, 5.74) is -0.0952. The maximum absolute atomic E-state index is 13.8. The molecule has 7 nitrogen and oxygen atoms in total. The van der Waals surface area contributed by atoms with E-state index in [4.69, 9.17) is 14.6 Å². The number of aromatic carboxylic acids is 1. The molecular weight excluding hydrogens is 427 g/mol. The molecule has 0 unspecified atom stereocenters. The molecule has 8 heteroatoms. The normalized spacial score (nSPS) is 18.5. The average molecular weight is 457 g/mol. The van der Waals surface area contributed by atoms with E-state index in [-0.39, 0.29) is 23.8 Å². The van der Waals surface area contributed by atoms with E-state index in [1.54, 1.807) is 42.5 Å². The Bertz CT molecular complexity index is 1000. The molecule has 1 aliphatic carbocycles. The van der Waals surface area contributed by atoms with Crippen molar-refractivity contribution in [2.24, 2.45) is 0 Å². The van der Waals surface area contributed by atoms with Crippen LogP contribution in [0.3, 0.4) is 0 Å². The van der Waals surface area contributed by atoms with Gasteiger partial charge >= 0.3 is 5.97 Å². The van der Waals surface area contributed by atoms with Crippen LogP contribution in [0.2, 0.25) is 0 Å². The molecule has 2 aliphatic rings. The molecule has 2 N–H and O–H groups in total. The van der Waals surface area contributed by atoms with E-state index in [0.717, 1.165) is 18.4 Å². The fourth-order valence-electron chi connectivity index (χ4n) is 4.44. The van der Waals surface area contributed by atoms with Crippen LogP contribution in [-0.4, -0.2) is 60.8 Å². The highest BCUT2D eigenvalue weighted by molar-refractivity contribution is 5.88. The third kappa shape index (κ3) is 4.86. The maximum atomic E-state index is 13.8. The van der Waals surface area contributed by atoms with Crippen LogP contribution in [0.4, 0.5) is 4.39 Å². The summed E-state index contributed by atoms with van der Waals surface area (Å²) in [6.45, 7) is 1.65. The number of benzene rings is 2. The molecule has 2 aromatic carbocycles.